The number of rotatable bonds is 1. The highest BCUT2D eigenvalue weighted by molar-refractivity contribution is 5.91. The van der Waals surface area contributed by atoms with E-state index in [0.29, 0.717) is 24.2 Å². The van der Waals surface area contributed by atoms with E-state index >= 15 is 0 Å². The number of hydrogen-bond acceptors (Lipinski definition) is 6. The number of esters is 2. The summed E-state index contributed by atoms with van der Waals surface area (Å²) in [6, 6.07) is 0. The van der Waals surface area contributed by atoms with Crippen LogP contribution in [0, 0.1) is 6.92 Å². The molecule has 4 atom stereocenters. The van der Waals surface area contributed by atoms with E-state index < -0.39 is 23.8 Å². The highest BCUT2D eigenvalue weighted by atomic mass is 16.7. The quantitative estimate of drug-likeness (QED) is 0.585. The Hall–Kier alpha value is -2.08. The van der Waals surface area contributed by atoms with Gasteiger partial charge in [0.15, 0.2) is 18.0 Å². The van der Waals surface area contributed by atoms with Gasteiger partial charge in [0.25, 0.3) is 0 Å². The normalized spacial score (nSPS) is 34.8. The van der Waals surface area contributed by atoms with Crippen molar-refractivity contribution in [2.45, 2.75) is 57.5 Å². The molecule has 0 aromatic carbocycles. The molecule has 122 valence electrons. The Labute approximate surface area is 133 Å². The van der Waals surface area contributed by atoms with Crippen LogP contribution in [0.3, 0.4) is 0 Å². The topological polar surface area (TPSA) is 78.3 Å². The fraction of sp³-hybridized carbons (Fsp3) is 0.529. The van der Waals surface area contributed by atoms with Gasteiger partial charge in [-0.3, -0.25) is 4.79 Å². The number of carbonyl (C=O) groups is 2. The van der Waals surface area contributed by atoms with E-state index in [0.717, 1.165) is 11.1 Å². The van der Waals surface area contributed by atoms with Crippen molar-refractivity contribution < 1.29 is 28.2 Å². The average molecular weight is 318 g/mol. The average Bonchev–Trinajstić information content (AvgIpc) is 2.80. The van der Waals surface area contributed by atoms with Gasteiger partial charge in [-0.05, 0) is 38.3 Å². The Bertz CT molecular complexity index is 729. The van der Waals surface area contributed by atoms with Crippen LogP contribution in [0.1, 0.15) is 55.8 Å². The molecule has 0 spiro atoms. The Morgan fingerprint density at radius 3 is 2.96 bits per heavy atom. The summed E-state index contributed by atoms with van der Waals surface area (Å²) in [6.07, 6.45) is 3.46. The lowest BCUT2D eigenvalue weighted by molar-refractivity contribution is -0.151. The summed E-state index contributed by atoms with van der Waals surface area (Å²) in [6.45, 7) is 5.16. The van der Waals surface area contributed by atoms with E-state index in [-0.39, 0.29) is 12.1 Å². The lowest BCUT2D eigenvalue weighted by atomic mass is 9.89. The molecular weight excluding hydrogens is 300 g/mol. The SMILES string of the molecule is CC(=O)O[C@@H]1c2occ(C)c2[C@@H]2C=C(CC[C@H]3O[C@@]13C)C(=O)O2. The first-order valence-electron chi connectivity index (χ1n) is 7.74. The molecule has 3 heterocycles. The smallest absolute Gasteiger partial charge is 0.334 e. The minimum absolute atomic E-state index is 0.0871. The van der Waals surface area contributed by atoms with Crippen LogP contribution in [-0.2, 0) is 23.8 Å². The molecule has 2 aliphatic heterocycles. The van der Waals surface area contributed by atoms with Crippen molar-refractivity contribution in [3.8, 4) is 0 Å². The van der Waals surface area contributed by atoms with Crippen LogP contribution >= 0.6 is 0 Å². The second-order valence-corrected chi connectivity index (χ2v) is 6.53. The summed E-state index contributed by atoms with van der Waals surface area (Å²) in [4.78, 5) is 23.6. The highest BCUT2D eigenvalue weighted by Crippen LogP contribution is 2.53. The third-order valence-electron chi connectivity index (χ3n) is 4.88. The molecule has 1 aromatic rings. The van der Waals surface area contributed by atoms with Crippen LogP contribution in [0.5, 0.6) is 0 Å². The molecule has 4 rings (SSSR count). The Morgan fingerprint density at radius 2 is 2.22 bits per heavy atom. The van der Waals surface area contributed by atoms with Crippen LogP contribution in [0.15, 0.2) is 22.3 Å². The van der Waals surface area contributed by atoms with Gasteiger partial charge in [-0.15, -0.1) is 0 Å². The summed E-state index contributed by atoms with van der Waals surface area (Å²) >= 11 is 0. The van der Waals surface area contributed by atoms with Gasteiger partial charge < -0.3 is 18.6 Å². The highest BCUT2D eigenvalue weighted by Gasteiger charge is 2.61. The molecule has 1 aliphatic carbocycles. The summed E-state index contributed by atoms with van der Waals surface area (Å²) in [5, 5.41) is 0. The molecule has 0 amide bonds. The standard InChI is InChI=1S/C17H18O6/c1-8-7-20-14-13(8)11-6-10(16(19)22-11)4-5-12-17(3,23-12)15(14)21-9(2)18/h6-7,11-12,15H,4-5H2,1-3H3/t11-,12+,15+,17+/m0/s1. The molecule has 1 aromatic heterocycles. The van der Waals surface area contributed by atoms with Crippen molar-refractivity contribution in [2.24, 2.45) is 0 Å². The van der Waals surface area contributed by atoms with Gasteiger partial charge in [0.2, 0.25) is 0 Å². The minimum atomic E-state index is -0.650. The zero-order valence-corrected chi connectivity index (χ0v) is 13.3. The van der Waals surface area contributed by atoms with Crippen LogP contribution < -0.4 is 0 Å². The molecule has 1 saturated heterocycles. The van der Waals surface area contributed by atoms with E-state index in [1.165, 1.54) is 6.92 Å². The third kappa shape index (κ3) is 2.12. The van der Waals surface area contributed by atoms with Crippen molar-refractivity contribution in [3.63, 3.8) is 0 Å². The fourth-order valence-corrected chi connectivity index (χ4v) is 3.58. The molecule has 1 fully saturated rings. The molecule has 0 N–H and O–H groups in total. The molecule has 6 nitrogen and oxygen atoms in total. The number of carbonyl (C=O) groups excluding carboxylic acids is 2. The number of aryl methyl sites for hydroxylation is 1. The molecule has 23 heavy (non-hydrogen) atoms. The molecule has 3 aliphatic rings. The van der Waals surface area contributed by atoms with Gasteiger partial charge in [-0.25, -0.2) is 4.79 Å². The van der Waals surface area contributed by atoms with Gasteiger partial charge in [0, 0.05) is 18.1 Å². The number of epoxide rings is 1. The maximum Gasteiger partial charge on any atom is 0.334 e. The summed E-state index contributed by atoms with van der Waals surface area (Å²) in [5.74, 6) is -0.197. The summed E-state index contributed by atoms with van der Waals surface area (Å²) in [7, 11) is 0. The van der Waals surface area contributed by atoms with E-state index in [1.807, 2.05) is 19.9 Å². The van der Waals surface area contributed by atoms with Crippen LogP contribution in [-0.4, -0.2) is 23.6 Å². The van der Waals surface area contributed by atoms with Crippen LogP contribution in [0.2, 0.25) is 0 Å². The molecule has 6 heteroatoms. The fourth-order valence-electron chi connectivity index (χ4n) is 3.58. The van der Waals surface area contributed by atoms with E-state index in [9.17, 15) is 9.59 Å². The predicted octanol–water partition coefficient (Wildman–Crippen LogP) is 2.67. The van der Waals surface area contributed by atoms with Gasteiger partial charge in [0.05, 0.1) is 12.4 Å². The second-order valence-electron chi connectivity index (χ2n) is 6.53. The lowest BCUT2D eigenvalue weighted by Crippen LogP contribution is -2.27. The Kier molecular flexibility index (Phi) is 2.97. The van der Waals surface area contributed by atoms with E-state index in [4.69, 9.17) is 18.6 Å². The van der Waals surface area contributed by atoms with Crippen molar-refractivity contribution in [2.75, 3.05) is 0 Å². The van der Waals surface area contributed by atoms with Crippen LogP contribution in [0.4, 0.5) is 0 Å². The van der Waals surface area contributed by atoms with E-state index in [2.05, 4.69) is 0 Å². The number of fused-ring (bicyclic) bond motifs is 4. The molecular formula is C17H18O6. The first-order chi connectivity index (χ1) is 10.9. The van der Waals surface area contributed by atoms with Crippen molar-refractivity contribution >= 4 is 11.9 Å². The van der Waals surface area contributed by atoms with Gasteiger partial charge in [-0.1, -0.05) is 0 Å². The van der Waals surface area contributed by atoms with Gasteiger partial charge in [0.1, 0.15) is 5.60 Å². The Morgan fingerprint density at radius 1 is 1.43 bits per heavy atom. The van der Waals surface area contributed by atoms with Crippen molar-refractivity contribution in [1.29, 1.82) is 0 Å². The maximum absolute atomic E-state index is 12.0. The van der Waals surface area contributed by atoms with Crippen molar-refractivity contribution in [3.05, 3.63) is 34.8 Å². The van der Waals surface area contributed by atoms with Crippen LogP contribution in [0.25, 0.3) is 0 Å². The van der Waals surface area contributed by atoms with Gasteiger partial charge >= 0.3 is 11.9 Å². The lowest BCUT2D eigenvalue weighted by Gasteiger charge is -2.22. The molecule has 0 radical (unpaired) electrons. The largest absolute Gasteiger partial charge is 0.465 e. The zero-order chi connectivity index (χ0) is 16.4. The van der Waals surface area contributed by atoms with E-state index in [1.54, 1.807) is 6.26 Å². The van der Waals surface area contributed by atoms with Crippen molar-refractivity contribution in [1.82, 2.24) is 0 Å². The summed E-state index contributed by atoms with van der Waals surface area (Å²) < 4.78 is 22.6. The first kappa shape index (κ1) is 14.5. The Balaban J connectivity index is 1.85. The monoisotopic (exact) mass is 318 g/mol. The number of furan rings is 1. The number of ether oxygens (including phenoxy) is 3. The minimum Gasteiger partial charge on any atom is -0.465 e. The first-order valence-corrected chi connectivity index (χ1v) is 7.74. The third-order valence-corrected chi connectivity index (χ3v) is 4.88. The maximum atomic E-state index is 12.0. The molecule has 0 saturated carbocycles. The molecule has 0 unspecified atom stereocenters. The second kappa shape index (κ2) is 4.71. The summed E-state index contributed by atoms with van der Waals surface area (Å²) in [5.41, 5.74) is 1.64. The zero-order valence-electron chi connectivity index (χ0n) is 13.3. The number of hydrogen-bond donors (Lipinski definition) is 0. The predicted molar refractivity (Wildman–Crippen MR) is 77.4 cm³/mol. The van der Waals surface area contributed by atoms with Gasteiger partial charge in [-0.2, -0.15) is 0 Å². The molecule has 2 bridgehead atoms.